The van der Waals surface area contributed by atoms with E-state index in [0.717, 1.165) is 11.6 Å². The molecule has 0 unspecified atom stereocenters. The molecule has 0 atom stereocenters. The number of hydrogen-bond donors (Lipinski definition) is 0. The summed E-state index contributed by atoms with van der Waals surface area (Å²) in [5.74, 6) is 0.728. The van der Waals surface area contributed by atoms with Gasteiger partial charge in [-0.05, 0) is 97.4 Å². The summed E-state index contributed by atoms with van der Waals surface area (Å²) in [5, 5.41) is 6.66. The van der Waals surface area contributed by atoms with Gasteiger partial charge in [0.05, 0.1) is 5.69 Å². The molecule has 0 N–H and O–H groups in total. The Hall–Kier alpha value is -2.71. The molecule has 1 fully saturated rings. The van der Waals surface area contributed by atoms with Gasteiger partial charge in [0.1, 0.15) is 0 Å². The van der Waals surface area contributed by atoms with Crippen LogP contribution in [0.5, 0.6) is 0 Å². The minimum absolute atomic E-state index is 0.514. The summed E-state index contributed by atoms with van der Waals surface area (Å²) in [4.78, 5) is 6.39. The second-order valence-electron chi connectivity index (χ2n) is 10.9. The lowest BCUT2D eigenvalue weighted by Crippen LogP contribution is -2.19. The molecular weight excluding hydrogens is 418 g/mol. The molecule has 1 aliphatic rings. The van der Waals surface area contributed by atoms with E-state index in [1.165, 1.54) is 74.0 Å². The number of hydrogen-bond acceptors (Lipinski definition) is 2. The molecule has 0 amide bonds. The maximum atomic E-state index is 4.81. The van der Waals surface area contributed by atoms with E-state index < -0.39 is 0 Å². The van der Waals surface area contributed by atoms with Crippen molar-refractivity contribution in [3.05, 3.63) is 76.8 Å². The molecular formula is C31H31NS. The number of aryl methyl sites for hydroxylation is 2. The average molecular weight is 450 g/mol. The first-order valence-corrected chi connectivity index (χ1v) is 13.0. The molecule has 1 saturated carbocycles. The van der Waals surface area contributed by atoms with Gasteiger partial charge >= 0.3 is 0 Å². The molecule has 0 spiro atoms. The Labute approximate surface area is 200 Å². The smallest absolute Gasteiger partial charge is 0.0780 e. The number of nitrogens with zero attached hydrogens (tertiary/aromatic N) is 1. The molecule has 2 heteroatoms. The summed E-state index contributed by atoms with van der Waals surface area (Å²) in [5.41, 5.74) is 5.36. The summed E-state index contributed by atoms with van der Waals surface area (Å²) >= 11 is 2.02. The van der Waals surface area contributed by atoms with E-state index in [-0.39, 0.29) is 0 Å². The lowest BCUT2D eigenvalue weighted by Gasteiger charge is -2.33. The molecule has 2 heterocycles. The van der Waals surface area contributed by atoms with Gasteiger partial charge in [0, 0.05) is 32.1 Å². The standard InChI is InChI=1S/C31H31NS/c1-19-15-20(2)17-22(16-19)30-26-6-5-24-23(25(26)11-14-32-30)7-8-28-27(24)18-29(33-28)21-9-12-31(3,4)13-10-21/h5-8,11,14-18,21H,9-10,12-13H2,1-4H3. The number of thiophene rings is 1. The van der Waals surface area contributed by atoms with Crippen molar-refractivity contribution < 1.29 is 0 Å². The zero-order chi connectivity index (χ0) is 22.7. The van der Waals surface area contributed by atoms with Gasteiger partial charge in [-0.2, -0.15) is 0 Å². The molecule has 5 aromatic rings. The third kappa shape index (κ3) is 3.65. The lowest BCUT2D eigenvalue weighted by atomic mass is 9.73. The lowest BCUT2D eigenvalue weighted by molar-refractivity contribution is 0.226. The number of benzene rings is 3. The molecule has 2 aromatic heterocycles. The maximum Gasteiger partial charge on any atom is 0.0780 e. The quantitative estimate of drug-likeness (QED) is 0.244. The Bertz CT molecular complexity index is 1490. The zero-order valence-corrected chi connectivity index (χ0v) is 20.9. The number of rotatable bonds is 2. The Morgan fingerprint density at radius 2 is 1.39 bits per heavy atom. The van der Waals surface area contributed by atoms with Crippen LogP contribution in [-0.2, 0) is 0 Å². The van der Waals surface area contributed by atoms with Crippen LogP contribution >= 0.6 is 11.3 Å². The first-order chi connectivity index (χ1) is 15.9. The van der Waals surface area contributed by atoms with Crippen LogP contribution in [0, 0.1) is 19.3 Å². The first-order valence-electron chi connectivity index (χ1n) is 12.2. The van der Waals surface area contributed by atoms with Crippen molar-refractivity contribution in [1.29, 1.82) is 0 Å². The molecule has 166 valence electrons. The van der Waals surface area contributed by atoms with Crippen LogP contribution in [0.3, 0.4) is 0 Å². The summed E-state index contributed by atoms with van der Waals surface area (Å²) in [6, 6.07) is 20.7. The van der Waals surface area contributed by atoms with Crippen molar-refractivity contribution in [3.63, 3.8) is 0 Å². The highest BCUT2D eigenvalue weighted by Gasteiger charge is 2.28. The van der Waals surface area contributed by atoms with Crippen LogP contribution in [-0.4, -0.2) is 4.98 Å². The summed E-state index contributed by atoms with van der Waals surface area (Å²) < 4.78 is 1.42. The van der Waals surface area contributed by atoms with Crippen LogP contribution < -0.4 is 0 Å². The molecule has 0 aliphatic heterocycles. The predicted octanol–water partition coefficient (Wildman–Crippen LogP) is 9.57. The molecule has 6 rings (SSSR count). The summed E-state index contributed by atoms with van der Waals surface area (Å²) in [6.45, 7) is 9.17. The van der Waals surface area contributed by atoms with Crippen LogP contribution in [0.1, 0.15) is 61.5 Å². The fourth-order valence-electron chi connectivity index (χ4n) is 5.84. The molecule has 0 saturated heterocycles. The van der Waals surface area contributed by atoms with Crippen LogP contribution in [0.4, 0.5) is 0 Å². The van der Waals surface area contributed by atoms with Crippen molar-refractivity contribution >= 4 is 43.0 Å². The molecule has 0 radical (unpaired) electrons. The monoisotopic (exact) mass is 449 g/mol. The highest BCUT2D eigenvalue weighted by Crippen LogP contribution is 2.46. The number of aromatic nitrogens is 1. The highest BCUT2D eigenvalue weighted by atomic mass is 32.1. The molecule has 1 aliphatic carbocycles. The second kappa shape index (κ2) is 7.67. The van der Waals surface area contributed by atoms with Crippen molar-refractivity contribution in [3.8, 4) is 11.3 Å². The normalized spacial score (nSPS) is 16.7. The fourth-order valence-corrected chi connectivity index (χ4v) is 7.09. The zero-order valence-electron chi connectivity index (χ0n) is 20.0. The SMILES string of the molecule is Cc1cc(C)cc(-c2nccc3c2ccc2c4cc(C5CCC(C)(C)CC5)sc4ccc32)c1. The minimum Gasteiger partial charge on any atom is -0.256 e. The molecule has 3 aromatic carbocycles. The van der Waals surface area contributed by atoms with Crippen LogP contribution in [0.15, 0.2) is 60.8 Å². The van der Waals surface area contributed by atoms with Crippen LogP contribution in [0.2, 0.25) is 0 Å². The first kappa shape index (κ1) is 20.9. The topological polar surface area (TPSA) is 12.9 Å². The molecule has 33 heavy (non-hydrogen) atoms. The van der Waals surface area contributed by atoms with Crippen molar-refractivity contribution in [2.45, 2.75) is 59.3 Å². The minimum atomic E-state index is 0.514. The van der Waals surface area contributed by atoms with Crippen molar-refractivity contribution in [2.24, 2.45) is 5.41 Å². The van der Waals surface area contributed by atoms with Crippen molar-refractivity contribution in [1.82, 2.24) is 4.98 Å². The van der Waals surface area contributed by atoms with E-state index in [0.29, 0.717) is 5.41 Å². The van der Waals surface area contributed by atoms with Gasteiger partial charge in [-0.3, -0.25) is 4.98 Å². The van der Waals surface area contributed by atoms with Gasteiger partial charge in [-0.25, -0.2) is 0 Å². The van der Waals surface area contributed by atoms with Gasteiger partial charge in [0.2, 0.25) is 0 Å². The maximum absolute atomic E-state index is 4.81. The van der Waals surface area contributed by atoms with Gasteiger partial charge in [0.25, 0.3) is 0 Å². The Balaban J connectivity index is 1.49. The van der Waals surface area contributed by atoms with E-state index in [1.807, 2.05) is 17.5 Å². The second-order valence-corrected chi connectivity index (χ2v) is 12.0. The average Bonchev–Trinajstić information content (AvgIpc) is 3.22. The Kier molecular flexibility index (Phi) is 4.85. The van der Waals surface area contributed by atoms with E-state index in [1.54, 1.807) is 4.88 Å². The van der Waals surface area contributed by atoms with Crippen LogP contribution in [0.25, 0.3) is 42.9 Å². The van der Waals surface area contributed by atoms with E-state index in [4.69, 9.17) is 4.98 Å². The van der Waals surface area contributed by atoms with E-state index in [2.05, 4.69) is 82.3 Å². The fraction of sp³-hybridized carbons (Fsp3) is 0.323. The highest BCUT2D eigenvalue weighted by molar-refractivity contribution is 7.19. The Morgan fingerprint density at radius 3 is 2.15 bits per heavy atom. The van der Waals surface area contributed by atoms with Gasteiger partial charge in [-0.15, -0.1) is 11.3 Å². The van der Waals surface area contributed by atoms with Gasteiger partial charge < -0.3 is 0 Å². The third-order valence-electron chi connectivity index (χ3n) is 7.70. The molecule has 0 bridgehead atoms. The van der Waals surface area contributed by atoms with Gasteiger partial charge in [-0.1, -0.05) is 49.2 Å². The predicted molar refractivity (Wildman–Crippen MR) is 145 cm³/mol. The number of pyridine rings is 1. The largest absolute Gasteiger partial charge is 0.256 e. The Morgan fingerprint density at radius 1 is 0.758 bits per heavy atom. The van der Waals surface area contributed by atoms with Crippen molar-refractivity contribution in [2.75, 3.05) is 0 Å². The summed E-state index contributed by atoms with van der Waals surface area (Å²) in [7, 11) is 0. The molecule has 1 nitrogen and oxygen atoms in total. The van der Waals surface area contributed by atoms with E-state index in [9.17, 15) is 0 Å². The third-order valence-corrected chi connectivity index (χ3v) is 8.96. The summed E-state index contributed by atoms with van der Waals surface area (Å²) in [6.07, 6.45) is 7.30. The van der Waals surface area contributed by atoms with E-state index >= 15 is 0 Å². The number of fused-ring (bicyclic) bond motifs is 5. The van der Waals surface area contributed by atoms with Gasteiger partial charge in [0.15, 0.2) is 0 Å².